The van der Waals surface area contributed by atoms with Gasteiger partial charge in [0, 0.05) is 35.6 Å². The highest BCUT2D eigenvalue weighted by atomic mass is 16.5. The second-order valence-electron chi connectivity index (χ2n) is 11.4. The van der Waals surface area contributed by atoms with Crippen LogP contribution in [0.25, 0.3) is 16.5 Å². The van der Waals surface area contributed by atoms with E-state index in [4.69, 9.17) is 9.84 Å². The van der Waals surface area contributed by atoms with E-state index in [0.29, 0.717) is 35.4 Å². The summed E-state index contributed by atoms with van der Waals surface area (Å²) in [5.74, 6) is 2.01. The molecule has 4 amide bonds. The van der Waals surface area contributed by atoms with E-state index in [1.54, 1.807) is 35.1 Å². The largest absolute Gasteiger partial charge is 0.457 e. The maximum absolute atomic E-state index is 13.4. The van der Waals surface area contributed by atoms with E-state index in [9.17, 15) is 9.59 Å². The monoisotopic (exact) mass is 639 g/mol. The lowest BCUT2D eigenvalue weighted by Gasteiger charge is -2.15. The van der Waals surface area contributed by atoms with Crippen LogP contribution in [-0.4, -0.2) is 26.8 Å². The third kappa shape index (κ3) is 7.97. The van der Waals surface area contributed by atoms with Crippen molar-refractivity contribution < 1.29 is 14.3 Å². The molecule has 2 heterocycles. The molecule has 0 saturated heterocycles. The minimum atomic E-state index is -0.389. The van der Waals surface area contributed by atoms with Crippen LogP contribution in [0.4, 0.5) is 26.9 Å². The average molecular weight is 640 g/mol. The second-order valence-corrected chi connectivity index (χ2v) is 11.4. The molecule has 0 bridgehead atoms. The molecule has 10 heteroatoms. The van der Waals surface area contributed by atoms with Crippen LogP contribution in [0.2, 0.25) is 0 Å². The van der Waals surface area contributed by atoms with Gasteiger partial charge in [0.1, 0.15) is 23.1 Å². The molecule has 6 rings (SSSR count). The van der Waals surface area contributed by atoms with Gasteiger partial charge in [-0.25, -0.2) is 19.3 Å². The average Bonchev–Trinajstić information content (AvgIpc) is 3.50. The number of benzene rings is 4. The lowest BCUT2D eigenvalue weighted by molar-refractivity contribution is 0.251. The summed E-state index contributed by atoms with van der Waals surface area (Å²) in [5.41, 5.74) is 4.54. The molecular weight excluding hydrogens is 602 g/mol. The molecule has 4 N–H and O–H groups in total. The molecule has 0 aliphatic rings. The standard InChI is InChI=1S/C38H37N7O3/c1-3-4-12-28-23-36(45(44-28)29-17-15-26(2)16-18-29)43-38(47)41-33-19-20-34(32-14-9-8-13-31(32)33)48-30-21-22-39-35(24-30)42-37(46)40-25-27-10-6-5-7-11-27/h5-11,13-24H,3-4,12,25H2,1-2H3,(H2,41,43,47)(H2,39,40,42,46). The molecule has 0 atom stereocenters. The molecule has 0 aliphatic heterocycles. The Morgan fingerprint density at radius 1 is 0.792 bits per heavy atom. The number of unbranched alkanes of at least 4 members (excludes halogenated alkanes) is 1. The summed E-state index contributed by atoms with van der Waals surface area (Å²) in [4.78, 5) is 30.1. The summed E-state index contributed by atoms with van der Waals surface area (Å²) < 4.78 is 8.02. The summed E-state index contributed by atoms with van der Waals surface area (Å²) in [7, 11) is 0. The smallest absolute Gasteiger partial charge is 0.324 e. The van der Waals surface area contributed by atoms with Gasteiger partial charge < -0.3 is 15.4 Å². The van der Waals surface area contributed by atoms with Crippen molar-refractivity contribution in [1.82, 2.24) is 20.1 Å². The van der Waals surface area contributed by atoms with Crippen molar-refractivity contribution in [3.05, 3.63) is 132 Å². The lowest BCUT2D eigenvalue weighted by atomic mass is 10.1. The van der Waals surface area contributed by atoms with E-state index in [2.05, 4.69) is 33.2 Å². The predicted octanol–water partition coefficient (Wildman–Crippen LogP) is 8.83. The van der Waals surface area contributed by atoms with Crippen molar-refractivity contribution in [2.75, 3.05) is 16.0 Å². The molecular formula is C38H37N7O3. The van der Waals surface area contributed by atoms with Gasteiger partial charge in [-0.15, -0.1) is 0 Å². The molecule has 0 saturated carbocycles. The van der Waals surface area contributed by atoms with Crippen LogP contribution >= 0.6 is 0 Å². The molecule has 0 aliphatic carbocycles. The Morgan fingerprint density at radius 3 is 2.35 bits per heavy atom. The molecule has 0 spiro atoms. The fourth-order valence-corrected chi connectivity index (χ4v) is 5.23. The number of urea groups is 2. The number of anilines is 3. The zero-order chi connectivity index (χ0) is 33.3. The fraction of sp³-hybridized carbons (Fsp3) is 0.158. The van der Waals surface area contributed by atoms with Crippen molar-refractivity contribution in [2.45, 2.75) is 39.7 Å². The zero-order valence-corrected chi connectivity index (χ0v) is 26.9. The Kier molecular flexibility index (Phi) is 9.91. The van der Waals surface area contributed by atoms with Gasteiger partial charge in [0.25, 0.3) is 0 Å². The molecule has 0 unspecified atom stereocenters. The number of nitrogens with one attached hydrogen (secondary N) is 4. The number of amides is 4. The zero-order valence-electron chi connectivity index (χ0n) is 26.9. The van der Waals surface area contributed by atoms with Crippen LogP contribution in [0.15, 0.2) is 115 Å². The predicted molar refractivity (Wildman–Crippen MR) is 190 cm³/mol. The number of hydrogen-bond acceptors (Lipinski definition) is 5. The first kappa shape index (κ1) is 31.8. The van der Waals surface area contributed by atoms with Gasteiger partial charge in [-0.05, 0) is 55.7 Å². The van der Waals surface area contributed by atoms with Crippen molar-refractivity contribution in [3.63, 3.8) is 0 Å². The van der Waals surface area contributed by atoms with E-state index < -0.39 is 0 Å². The van der Waals surface area contributed by atoms with Crippen LogP contribution in [-0.2, 0) is 13.0 Å². The Balaban J connectivity index is 1.16. The van der Waals surface area contributed by atoms with Crippen molar-refractivity contribution in [1.29, 1.82) is 0 Å². The number of carbonyl (C=O) groups excluding carboxylic acids is 2. The summed E-state index contributed by atoms with van der Waals surface area (Å²) in [6.07, 6.45) is 4.46. The quantitative estimate of drug-likeness (QED) is 0.113. The molecule has 0 fully saturated rings. The minimum absolute atomic E-state index is 0.347. The van der Waals surface area contributed by atoms with Crippen molar-refractivity contribution in [2.24, 2.45) is 0 Å². The number of fused-ring (bicyclic) bond motifs is 1. The first-order valence-corrected chi connectivity index (χ1v) is 15.9. The first-order chi connectivity index (χ1) is 23.4. The molecule has 242 valence electrons. The number of aromatic nitrogens is 3. The van der Waals surface area contributed by atoms with Crippen LogP contribution in [0.3, 0.4) is 0 Å². The highest BCUT2D eigenvalue weighted by molar-refractivity contribution is 6.07. The van der Waals surface area contributed by atoms with Gasteiger partial charge in [0.2, 0.25) is 0 Å². The molecule has 0 radical (unpaired) electrons. The summed E-state index contributed by atoms with van der Waals surface area (Å²) in [6, 6.07) is 33.5. The second kappa shape index (κ2) is 15.0. The Morgan fingerprint density at radius 2 is 1.56 bits per heavy atom. The summed E-state index contributed by atoms with van der Waals surface area (Å²) in [5, 5.41) is 18.0. The van der Waals surface area contributed by atoms with Gasteiger partial charge >= 0.3 is 12.1 Å². The third-order valence-electron chi connectivity index (χ3n) is 7.70. The number of hydrogen-bond donors (Lipinski definition) is 4. The normalized spacial score (nSPS) is 10.8. The number of rotatable bonds is 11. The van der Waals surface area contributed by atoms with Crippen molar-refractivity contribution in [3.8, 4) is 17.2 Å². The van der Waals surface area contributed by atoms with Crippen LogP contribution in [0, 0.1) is 6.92 Å². The number of pyridine rings is 1. The minimum Gasteiger partial charge on any atom is -0.457 e. The van der Waals surface area contributed by atoms with E-state index >= 15 is 0 Å². The van der Waals surface area contributed by atoms with Crippen molar-refractivity contribution >= 4 is 40.2 Å². The number of nitrogens with zero attached hydrogens (tertiary/aromatic N) is 3. The number of ether oxygens (including phenoxy) is 1. The van der Waals surface area contributed by atoms with E-state index in [1.807, 2.05) is 91.9 Å². The SMILES string of the molecule is CCCCc1cc(NC(=O)Nc2ccc(Oc3ccnc(NC(=O)NCc4ccccc4)c3)c3ccccc23)n(-c2ccc(C)cc2)n1. The van der Waals surface area contributed by atoms with E-state index in [-0.39, 0.29) is 12.1 Å². The fourth-order valence-electron chi connectivity index (χ4n) is 5.23. The Labute approximate surface area is 279 Å². The van der Waals surface area contributed by atoms with Gasteiger partial charge in [0.05, 0.1) is 17.1 Å². The van der Waals surface area contributed by atoms with Gasteiger partial charge in [0.15, 0.2) is 0 Å². The summed E-state index contributed by atoms with van der Waals surface area (Å²) in [6.45, 7) is 4.57. The number of aryl methyl sites for hydroxylation is 2. The van der Waals surface area contributed by atoms with Gasteiger partial charge in [-0.1, -0.05) is 85.6 Å². The highest BCUT2D eigenvalue weighted by Crippen LogP contribution is 2.35. The van der Waals surface area contributed by atoms with E-state index in [1.165, 1.54) is 0 Å². The van der Waals surface area contributed by atoms with Crippen LogP contribution < -0.4 is 26.0 Å². The molecule has 4 aromatic carbocycles. The molecule has 48 heavy (non-hydrogen) atoms. The lowest BCUT2D eigenvalue weighted by Crippen LogP contribution is -2.28. The van der Waals surface area contributed by atoms with Crippen LogP contribution in [0.5, 0.6) is 11.5 Å². The topological polar surface area (TPSA) is 122 Å². The van der Waals surface area contributed by atoms with Gasteiger partial charge in [-0.3, -0.25) is 10.6 Å². The maximum atomic E-state index is 13.4. The van der Waals surface area contributed by atoms with E-state index in [0.717, 1.165) is 52.5 Å². The maximum Gasteiger partial charge on any atom is 0.324 e. The molecule has 10 nitrogen and oxygen atoms in total. The Bertz CT molecular complexity index is 2020. The highest BCUT2D eigenvalue weighted by Gasteiger charge is 2.15. The first-order valence-electron chi connectivity index (χ1n) is 15.9. The molecule has 6 aromatic rings. The third-order valence-corrected chi connectivity index (χ3v) is 7.70. The van der Waals surface area contributed by atoms with Crippen LogP contribution in [0.1, 0.15) is 36.6 Å². The number of carbonyl (C=O) groups is 2. The molecule has 2 aromatic heterocycles. The van der Waals surface area contributed by atoms with Gasteiger partial charge in [-0.2, -0.15) is 5.10 Å². The summed E-state index contributed by atoms with van der Waals surface area (Å²) >= 11 is 0. The Hall–Kier alpha value is -6.16.